The van der Waals surface area contributed by atoms with E-state index in [0.29, 0.717) is 16.0 Å². The summed E-state index contributed by atoms with van der Waals surface area (Å²) >= 11 is 0. The quantitative estimate of drug-likeness (QED) is 0.359. The fraction of sp³-hybridized carbons (Fsp3) is 0.133. The number of pyridine rings is 1. The number of ketones is 1. The van der Waals surface area contributed by atoms with Gasteiger partial charge in [-0.05, 0) is 30.3 Å². The molecule has 6 heteroatoms. The molecule has 0 aliphatic rings. The Morgan fingerprint density at radius 2 is 1.86 bits per heavy atom. The molecular weight excluding hydrogens is 274 g/mol. The number of Topliss-reactive ketones (excluding diaryl/α,β-unsaturated/α-hetero) is 1. The lowest BCUT2D eigenvalue weighted by atomic mass is 10.1. The first kappa shape index (κ1) is 14.5. The van der Waals surface area contributed by atoms with Gasteiger partial charge in [-0.25, -0.2) is 4.79 Å². The molecule has 1 aromatic carbocycles. The van der Waals surface area contributed by atoms with Gasteiger partial charge in [-0.3, -0.25) is 4.79 Å². The lowest BCUT2D eigenvalue weighted by Gasteiger charge is -2.05. The maximum atomic E-state index is 11.9. The molecule has 1 aromatic heterocycles. The molecule has 6 nitrogen and oxygen atoms in total. The van der Waals surface area contributed by atoms with Crippen LogP contribution in [-0.4, -0.2) is 25.5 Å². The smallest absolute Gasteiger partial charge is 0.405 e. The Morgan fingerprint density at radius 1 is 1.14 bits per heavy atom. The van der Waals surface area contributed by atoms with Crippen LogP contribution in [0.15, 0.2) is 48.7 Å². The van der Waals surface area contributed by atoms with E-state index in [1.54, 1.807) is 24.3 Å². The SMILES string of the molecule is COc1ccc(C(=O)COC(=O)c2cccc[n+]2[O-])cc1. The predicted octanol–water partition coefficient (Wildman–Crippen LogP) is 1.37. The third kappa shape index (κ3) is 3.56. The Hall–Kier alpha value is -2.89. The zero-order valence-corrected chi connectivity index (χ0v) is 11.3. The molecule has 2 rings (SSSR count). The number of rotatable bonds is 5. The van der Waals surface area contributed by atoms with Gasteiger partial charge in [0.2, 0.25) is 0 Å². The molecule has 21 heavy (non-hydrogen) atoms. The van der Waals surface area contributed by atoms with Gasteiger partial charge < -0.3 is 14.7 Å². The molecule has 0 bridgehead atoms. The zero-order valence-electron chi connectivity index (χ0n) is 11.3. The molecule has 2 aromatic rings. The van der Waals surface area contributed by atoms with Gasteiger partial charge in [0.25, 0.3) is 0 Å². The lowest BCUT2D eigenvalue weighted by Crippen LogP contribution is -2.35. The van der Waals surface area contributed by atoms with Gasteiger partial charge in [0.15, 0.2) is 18.6 Å². The largest absolute Gasteiger partial charge is 0.618 e. The van der Waals surface area contributed by atoms with Crippen LogP contribution in [-0.2, 0) is 4.74 Å². The minimum absolute atomic E-state index is 0.167. The van der Waals surface area contributed by atoms with Crippen molar-refractivity contribution >= 4 is 11.8 Å². The summed E-state index contributed by atoms with van der Waals surface area (Å²) in [7, 11) is 1.52. The number of carbonyl (C=O) groups is 2. The van der Waals surface area contributed by atoms with Crippen molar-refractivity contribution in [3.05, 3.63) is 65.1 Å². The highest BCUT2D eigenvalue weighted by Gasteiger charge is 2.18. The summed E-state index contributed by atoms with van der Waals surface area (Å²) in [6, 6.07) is 10.8. The molecule has 0 aliphatic heterocycles. The summed E-state index contributed by atoms with van der Waals surface area (Å²) in [6.45, 7) is -0.430. The van der Waals surface area contributed by atoms with Crippen molar-refractivity contribution in [3.63, 3.8) is 0 Å². The van der Waals surface area contributed by atoms with E-state index in [4.69, 9.17) is 9.47 Å². The van der Waals surface area contributed by atoms with E-state index >= 15 is 0 Å². The highest BCUT2D eigenvalue weighted by Crippen LogP contribution is 2.12. The average Bonchev–Trinajstić information content (AvgIpc) is 2.52. The van der Waals surface area contributed by atoms with Crippen molar-refractivity contribution in [1.29, 1.82) is 0 Å². The van der Waals surface area contributed by atoms with Gasteiger partial charge in [-0.15, -0.1) is 0 Å². The van der Waals surface area contributed by atoms with Crippen LogP contribution >= 0.6 is 0 Å². The number of ether oxygens (including phenoxy) is 2. The maximum Gasteiger partial charge on any atom is 0.405 e. The number of benzene rings is 1. The Kier molecular flexibility index (Phi) is 4.50. The number of hydrogen-bond acceptors (Lipinski definition) is 5. The summed E-state index contributed by atoms with van der Waals surface area (Å²) in [5, 5.41) is 11.4. The van der Waals surface area contributed by atoms with Crippen molar-refractivity contribution in [1.82, 2.24) is 0 Å². The Labute approximate surface area is 121 Å². The summed E-state index contributed by atoms with van der Waals surface area (Å²) in [4.78, 5) is 23.5. The predicted molar refractivity (Wildman–Crippen MR) is 73.0 cm³/mol. The van der Waals surface area contributed by atoms with E-state index in [1.807, 2.05) is 0 Å². The number of hydrogen-bond donors (Lipinski definition) is 0. The number of aromatic nitrogens is 1. The second kappa shape index (κ2) is 6.51. The molecule has 0 fully saturated rings. The van der Waals surface area contributed by atoms with Crippen LogP contribution in [0, 0.1) is 5.21 Å². The molecule has 0 aliphatic carbocycles. The van der Waals surface area contributed by atoms with E-state index in [-0.39, 0.29) is 11.5 Å². The molecule has 0 N–H and O–H groups in total. The first-order chi connectivity index (χ1) is 10.1. The molecule has 0 radical (unpaired) electrons. The molecule has 0 saturated carbocycles. The number of nitrogens with zero attached hydrogens (tertiary/aromatic N) is 1. The first-order valence-electron chi connectivity index (χ1n) is 6.14. The van der Waals surface area contributed by atoms with Gasteiger partial charge in [-0.1, -0.05) is 0 Å². The van der Waals surface area contributed by atoms with Crippen LogP contribution in [0.5, 0.6) is 5.75 Å². The normalized spacial score (nSPS) is 9.95. The van der Waals surface area contributed by atoms with Crippen LogP contribution in [0.2, 0.25) is 0 Å². The van der Waals surface area contributed by atoms with E-state index in [9.17, 15) is 14.8 Å². The maximum absolute atomic E-state index is 11.9. The number of carbonyl (C=O) groups excluding carboxylic acids is 2. The summed E-state index contributed by atoms with van der Waals surface area (Å²) in [5.74, 6) is -0.577. The molecule has 1 heterocycles. The van der Waals surface area contributed by atoms with Crippen LogP contribution in [0.4, 0.5) is 0 Å². The second-order valence-electron chi connectivity index (χ2n) is 4.14. The van der Waals surface area contributed by atoms with Gasteiger partial charge in [0.1, 0.15) is 5.75 Å². The Balaban J connectivity index is 1.97. The van der Waals surface area contributed by atoms with Crippen LogP contribution in [0.3, 0.4) is 0 Å². The third-order valence-corrected chi connectivity index (χ3v) is 2.78. The van der Waals surface area contributed by atoms with Crippen molar-refractivity contribution in [2.24, 2.45) is 0 Å². The van der Waals surface area contributed by atoms with Gasteiger partial charge >= 0.3 is 11.7 Å². The Bertz CT molecular complexity index is 651. The van der Waals surface area contributed by atoms with Crippen molar-refractivity contribution in [3.8, 4) is 5.75 Å². The number of methoxy groups -OCH3 is 1. The molecule has 0 atom stereocenters. The third-order valence-electron chi connectivity index (χ3n) is 2.78. The second-order valence-corrected chi connectivity index (χ2v) is 4.14. The van der Waals surface area contributed by atoms with Gasteiger partial charge in [-0.2, -0.15) is 4.73 Å². The monoisotopic (exact) mass is 287 g/mol. The number of esters is 1. The first-order valence-corrected chi connectivity index (χ1v) is 6.14. The summed E-state index contributed by atoms with van der Waals surface area (Å²) < 4.78 is 10.2. The van der Waals surface area contributed by atoms with Crippen LogP contribution < -0.4 is 9.47 Å². The van der Waals surface area contributed by atoms with Crippen LogP contribution in [0.25, 0.3) is 0 Å². The fourth-order valence-electron chi connectivity index (χ4n) is 1.65. The summed E-state index contributed by atoms with van der Waals surface area (Å²) in [6.07, 6.45) is 1.18. The molecular formula is C15H13NO5. The highest BCUT2D eigenvalue weighted by molar-refractivity contribution is 5.98. The van der Waals surface area contributed by atoms with Crippen molar-refractivity contribution in [2.75, 3.05) is 13.7 Å². The minimum atomic E-state index is -0.840. The average molecular weight is 287 g/mol. The molecule has 0 amide bonds. The van der Waals surface area contributed by atoms with E-state index < -0.39 is 12.6 Å². The Morgan fingerprint density at radius 3 is 2.48 bits per heavy atom. The topological polar surface area (TPSA) is 79.5 Å². The van der Waals surface area contributed by atoms with E-state index in [2.05, 4.69) is 0 Å². The summed E-state index contributed by atoms with van der Waals surface area (Å²) in [5.41, 5.74) is 0.228. The molecule has 0 unspecified atom stereocenters. The van der Waals surface area contributed by atoms with E-state index in [0.717, 1.165) is 0 Å². The standard InChI is InChI=1S/C15H13NO5/c1-20-12-7-5-11(6-8-12)14(17)10-21-15(18)13-4-2-3-9-16(13)19/h2-9H,10H2,1H3. The van der Waals surface area contributed by atoms with Gasteiger partial charge in [0.05, 0.1) is 7.11 Å². The van der Waals surface area contributed by atoms with E-state index in [1.165, 1.54) is 31.5 Å². The molecule has 0 saturated heterocycles. The minimum Gasteiger partial charge on any atom is -0.618 e. The lowest BCUT2D eigenvalue weighted by molar-refractivity contribution is -0.608. The van der Waals surface area contributed by atoms with Crippen molar-refractivity contribution in [2.45, 2.75) is 0 Å². The van der Waals surface area contributed by atoms with Crippen molar-refractivity contribution < 1.29 is 23.8 Å². The fourth-order valence-corrected chi connectivity index (χ4v) is 1.65. The zero-order chi connectivity index (χ0) is 15.2. The molecule has 108 valence electrons. The van der Waals surface area contributed by atoms with Gasteiger partial charge in [0, 0.05) is 17.7 Å². The molecule has 0 spiro atoms. The van der Waals surface area contributed by atoms with Crippen LogP contribution in [0.1, 0.15) is 20.8 Å². The highest BCUT2D eigenvalue weighted by atomic mass is 16.5.